The molecular weight excluding hydrogens is 297 g/mol. The molecule has 1 amide bonds. The van der Waals surface area contributed by atoms with Crippen molar-refractivity contribution in [3.05, 3.63) is 48.2 Å². The van der Waals surface area contributed by atoms with Gasteiger partial charge in [0.05, 0.1) is 0 Å². The van der Waals surface area contributed by atoms with Gasteiger partial charge in [-0.3, -0.25) is 9.78 Å². The number of amides is 1. The lowest BCUT2D eigenvalue weighted by atomic mass is 9.94. The number of hydrogen-bond donors (Lipinski definition) is 0. The van der Waals surface area contributed by atoms with E-state index in [0.717, 1.165) is 25.1 Å². The van der Waals surface area contributed by atoms with Gasteiger partial charge in [0, 0.05) is 38.3 Å². The van der Waals surface area contributed by atoms with Crippen LogP contribution in [0.4, 0.5) is 4.39 Å². The van der Waals surface area contributed by atoms with Gasteiger partial charge in [-0.05, 0) is 37.1 Å². The molecule has 1 aliphatic rings. The van der Waals surface area contributed by atoms with Gasteiger partial charge in [0.1, 0.15) is 17.3 Å². The Balaban J connectivity index is 1.82. The summed E-state index contributed by atoms with van der Waals surface area (Å²) in [4.78, 5) is 22.1. The topological polar surface area (TPSA) is 55.3 Å². The molecule has 0 aliphatic carbocycles. The molecule has 23 heavy (non-hydrogen) atoms. The highest BCUT2D eigenvalue weighted by atomic mass is 19.1. The number of nitrogens with zero attached hydrogens (tertiary/aromatic N) is 3. The molecule has 2 aromatic rings. The van der Waals surface area contributed by atoms with Gasteiger partial charge < -0.3 is 9.64 Å². The Hall–Kier alpha value is -2.50. The fraction of sp³-hybridized carbons (Fsp3) is 0.353. The number of likely N-dealkylation sites (tertiary alicyclic amines) is 1. The fourth-order valence-corrected chi connectivity index (χ4v) is 2.80. The van der Waals surface area contributed by atoms with Gasteiger partial charge in [0.15, 0.2) is 0 Å². The molecule has 0 radical (unpaired) electrons. The number of aromatic nitrogens is 2. The third-order valence-electron chi connectivity index (χ3n) is 3.97. The standard InChI is InChI=1S/C17H18FN3O2/c1-12(22)21-10-2-3-13(11-21)16-17(20-9-8-19-16)23-15-6-4-14(18)5-7-15/h4-9,13H,2-3,10-11H2,1H3/t13-/m1/s1. The molecule has 1 fully saturated rings. The predicted molar refractivity (Wildman–Crippen MR) is 82.7 cm³/mol. The van der Waals surface area contributed by atoms with Gasteiger partial charge in [-0.1, -0.05) is 0 Å². The first kappa shape index (κ1) is 15.4. The number of ether oxygens (including phenoxy) is 1. The first-order chi connectivity index (χ1) is 11.1. The second-order valence-corrected chi connectivity index (χ2v) is 5.61. The van der Waals surface area contributed by atoms with Crippen LogP contribution in [0, 0.1) is 5.82 Å². The van der Waals surface area contributed by atoms with E-state index in [2.05, 4.69) is 9.97 Å². The molecule has 5 nitrogen and oxygen atoms in total. The maximum Gasteiger partial charge on any atom is 0.241 e. The zero-order valence-electron chi connectivity index (χ0n) is 12.9. The summed E-state index contributed by atoms with van der Waals surface area (Å²) < 4.78 is 18.8. The molecule has 2 heterocycles. The highest BCUT2D eigenvalue weighted by molar-refractivity contribution is 5.73. The van der Waals surface area contributed by atoms with Crippen LogP contribution >= 0.6 is 0 Å². The molecule has 0 saturated carbocycles. The van der Waals surface area contributed by atoms with Gasteiger partial charge in [-0.15, -0.1) is 0 Å². The molecule has 1 saturated heterocycles. The molecule has 1 aromatic heterocycles. The first-order valence-corrected chi connectivity index (χ1v) is 7.63. The summed E-state index contributed by atoms with van der Waals surface area (Å²) in [6.45, 7) is 2.98. The Labute approximate surface area is 134 Å². The average molecular weight is 315 g/mol. The molecule has 6 heteroatoms. The Morgan fingerprint density at radius 2 is 2.00 bits per heavy atom. The Kier molecular flexibility index (Phi) is 4.50. The second kappa shape index (κ2) is 6.73. The predicted octanol–water partition coefficient (Wildman–Crippen LogP) is 3.13. The zero-order valence-corrected chi connectivity index (χ0v) is 12.9. The maximum absolute atomic E-state index is 13.0. The van der Waals surface area contributed by atoms with Crippen LogP contribution in [0.3, 0.4) is 0 Å². The molecule has 120 valence electrons. The summed E-state index contributed by atoms with van der Waals surface area (Å²) in [5.74, 6) is 0.763. The Bertz CT molecular complexity index is 690. The van der Waals surface area contributed by atoms with Crippen molar-refractivity contribution in [2.75, 3.05) is 13.1 Å². The molecule has 0 spiro atoms. The van der Waals surface area contributed by atoms with Gasteiger partial charge in [-0.2, -0.15) is 0 Å². The van der Waals surface area contributed by atoms with E-state index >= 15 is 0 Å². The van der Waals surface area contributed by atoms with E-state index in [-0.39, 0.29) is 17.6 Å². The highest BCUT2D eigenvalue weighted by Crippen LogP contribution is 2.32. The maximum atomic E-state index is 13.0. The summed E-state index contributed by atoms with van der Waals surface area (Å²) in [5.41, 5.74) is 0.739. The van der Waals surface area contributed by atoms with E-state index in [1.54, 1.807) is 31.5 Å². The molecular formula is C17H18FN3O2. The number of carbonyl (C=O) groups excluding carboxylic acids is 1. The van der Waals surface area contributed by atoms with Crippen molar-refractivity contribution in [2.45, 2.75) is 25.7 Å². The molecule has 3 rings (SSSR count). The second-order valence-electron chi connectivity index (χ2n) is 5.61. The van der Waals surface area contributed by atoms with E-state index in [0.29, 0.717) is 18.2 Å². The van der Waals surface area contributed by atoms with Gasteiger partial charge in [0.2, 0.25) is 11.8 Å². The zero-order chi connectivity index (χ0) is 16.2. The van der Waals surface area contributed by atoms with E-state index in [1.165, 1.54) is 12.1 Å². The van der Waals surface area contributed by atoms with Crippen LogP contribution < -0.4 is 4.74 Å². The van der Waals surface area contributed by atoms with Crippen LogP contribution in [0.25, 0.3) is 0 Å². The van der Waals surface area contributed by atoms with E-state index in [1.807, 2.05) is 4.90 Å². The minimum Gasteiger partial charge on any atom is -0.437 e. The molecule has 0 N–H and O–H groups in total. The first-order valence-electron chi connectivity index (χ1n) is 7.63. The van der Waals surface area contributed by atoms with Crippen molar-refractivity contribution in [3.8, 4) is 11.6 Å². The third kappa shape index (κ3) is 3.64. The van der Waals surface area contributed by atoms with E-state index in [9.17, 15) is 9.18 Å². The Morgan fingerprint density at radius 1 is 1.26 bits per heavy atom. The van der Waals surface area contributed by atoms with Crippen LogP contribution in [-0.2, 0) is 4.79 Å². The number of halogens is 1. The van der Waals surface area contributed by atoms with Gasteiger partial charge in [-0.25, -0.2) is 9.37 Å². The van der Waals surface area contributed by atoms with Crippen LogP contribution in [0.15, 0.2) is 36.7 Å². The minimum atomic E-state index is -0.318. The van der Waals surface area contributed by atoms with Crippen molar-refractivity contribution >= 4 is 5.91 Å². The monoisotopic (exact) mass is 315 g/mol. The summed E-state index contributed by atoms with van der Waals surface area (Å²) in [6.07, 6.45) is 5.05. The van der Waals surface area contributed by atoms with E-state index in [4.69, 9.17) is 4.74 Å². The molecule has 1 aliphatic heterocycles. The van der Waals surface area contributed by atoms with Gasteiger partial charge >= 0.3 is 0 Å². The largest absolute Gasteiger partial charge is 0.437 e. The van der Waals surface area contributed by atoms with Crippen LogP contribution in [-0.4, -0.2) is 33.9 Å². The van der Waals surface area contributed by atoms with Crippen molar-refractivity contribution in [2.24, 2.45) is 0 Å². The van der Waals surface area contributed by atoms with Crippen LogP contribution in [0.2, 0.25) is 0 Å². The summed E-state index contributed by atoms with van der Waals surface area (Å²) in [5, 5.41) is 0. The molecule has 1 aromatic carbocycles. The number of piperidine rings is 1. The number of rotatable bonds is 3. The van der Waals surface area contributed by atoms with Crippen molar-refractivity contribution in [3.63, 3.8) is 0 Å². The minimum absolute atomic E-state index is 0.0691. The normalized spacial score (nSPS) is 17.8. The Morgan fingerprint density at radius 3 is 2.74 bits per heavy atom. The van der Waals surface area contributed by atoms with Crippen LogP contribution in [0.1, 0.15) is 31.4 Å². The smallest absolute Gasteiger partial charge is 0.241 e. The molecule has 0 unspecified atom stereocenters. The molecule has 0 bridgehead atoms. The lowest BCUT2D eigenvalue weighted by molar-refractivity contribution is -0.130. The van der Waals surface area contributed by atoms with Crippen molar-refractivity contribution < 1.29 is 13.9 Å². The summed E-state index contributed by atoms with van der Waals surface area (Å²) in [6, 6.07) is 5.78. The van der Waals surface area contributed by atoms with Crippen molar-refractivity contribution in [1.29, 1.82) is 0 Å². The number of benzene rings is 1. The van der Waals surface area contributed by atoms with Gasteiger partial charge in [0.25, 0.3) is 0 Å². The molecule has 1 atom stereocenters. The van der Waals surface area contributed by atoms with Crippen molar-refractivity contribution in [1.82, 2.24) is 14.9 Å². The number of carbonyl (C=O) groups is 1. The number of hydrogen-bond acceptors (Lipinski definition) is 4. The lowest BCUT2D eigenvalue weighted by Gasteiger charge is -2.32. The summed E-state index contributed by atoms with van der Waals surface area (Å²) >= 11 is 0. The average Bonchev–Trinajstić information content (AvgIpc) is 2.57. The lowest BCUT2D eigenvalue weighted by Crippen LogP contribution is -2.38. The summed E-state index contributed by atoms with van der Waals surface area (Å²) in [7, 11) is 0. The van der Waals surface area contributed by atoms with E-state index < -0.39 is 0 Å². The third-order valence-corrected chi connectivity index (χ3v) is 3.97. The highest BCUT2D eigenvalue weighted by Gasteiger charge is 2.27. The SMILES string of the molecule is CC(=O)N1CCC[C@@H](c2nccnc2Oc2ccc(F)cc2)C1. The van der Waals surface area contributed by atoms with Crippen LogP contribution in [0.5, 0.6) is 11.6 Å². The fourth-order valence-electron chi connectivity index (χ4n) is 2.80. The quantitative estimate of drug-likeness (QED) is 0.873.